The smallest absolute Gasteiger partial charge is 0.264 e. The molecule has 2 aliphatic rings. The number of nitrogens with one attached hydrogen (secondary N) is 1. The average Bonchev–Trinajstić information content (AvgIpc) is 3.43. The van der Waals surface area contributed by atoms with E-state index in [0.29, 0.717) is 40.0 Å². The van der Waals surface area contributed by atoms with Crippen molar-refractivity contribution in [1.29, 1.82) is 0 Å². The fourth-order valence-corrected chi connectivity index (χ4v) is 7.32. The van der Waals surface area contributed by atoms with Crippen LogP contribution < -0.4 is 5.32 Å². The number of nitrogens with zero attached hydrogens (tertiary/aromatic N) is 6. The summed E-state index contributed by atoms with van der Waals surface area (Å²) >= 11 is 3.35. The third-order valence-corrected chi connectivity index (χ3v) is 9.87. The summed E-state index contributed by atoms with van der Waals surface area (Å²) in [5.74, 6) is -0.159. The second-order valence-electron chi connectivity index (χ2n) is 12.5. The van der Waals surface area contributed by atoms with Gasteiger partial charge in [-0.25, -0.2) is 15.0 Å². The van der Waals surface area contributed by atoms with Crippen LogP contribution in [0.25, 0.3) is 22.0 Å². The maximum atomic E-state index is 14.2. The van der Waals surface area contributed by atoms with E-state index in [0.717, 1.165) is 28.5 Å². The lowest BCUT2D eigenvalue weighted by atomic mass is 10.00. The fourth-order valence-electron chi connectivity index (χ4n) is 6.56. The first-order valence-corrected chi connectivity index (χ1v) is 17.8. The van der Waals surface area contributed by atoms with E-state index in [1.165, 1.54) is 16.5 Å². The van der Waals surface area contributed by atoms with Crippen molar-refractivity contribution in [2.24, 2.45) is 5.41 Å². The zero-order valence-electron chi connectivity index (χ0n) is 26.9. The number of amides is 2. The van der Waals surface area contributed by atoms with E-state index in [-0.39, 0.29) is 31.0 Å². The van der Waals surface area contributed by atoms with Gasteiger partial charge in [0.05, 0.1) is 18.4 Å². The molecule has 0 bridgehead atoms. The van der Waals surface area contributed by atoms with Gasteiger partial charge >= 0.3 is 0 Å². The molecule has 4 heterocycles. The van der Waals surface area contributed by atoms with Gasteiger partial charge in [-0.3, -0.25) is 23.2 Å². The largest absolute Gasteiger partial charge is 0.325 e. The Bertz CT molecular complexity index is 2100. The Balaban J connectivity index is 1.34. The molecule has 3 atom stereocenters. The third-order valence-electron chi connectivity index (χ3n) is 8.89. The highest BCUT2D eigenvalue weighted by Crippen LogP contribution is 2.60. The van der Waals surface area contributed by atoms with Crippen molar-refractivity contribution in [2.75, 3.05) is 18.2 Å². The predicted octanol–water partition coefficient (Wildman–Crippen LogP) is 4.17. The second kappa shape index (κ2) is 12.6. The molecule has 13 nitrogen and oxygen atoms in total. The van der Waals surface area contributed by atoms with Crippen LogP contribution in [0.1, 0.15) is 47.2 Å². The molecular formula is C33H34BrN7O6S. The highest BCUT2D eigenvalue weighted by molar-refractivity contribution is 9.10. The zero-order valence-corrected chi connectivity index (χ0v) is 29.3. The molecule has 6 rings (SSSR count). The summed E-state index contributed by atoms with van der Waals surface area (Å²) in [6.45, 7) is 8.47. The molecule has 2 fully saturated rings. The van der Waals surface area contributed by atoms with E-state index < -0.39 is 39.4 Å². The number of hydrogen-bond acceptors (Lipinski definition) is 10. The second-order valence-corrected chi connectivity index (χ2v) is 14.9. The molecule has 1 N–H and O–H groups in total. The summed E-state index contributed by atoms with van der Waals surface area (Å²) in [6.07, 6.45) is 7.23. The highest BCUT2D eigenvalue weighted by Gasteiger charge is 2.67. The number of fused-ring (bicyclic) bond motifs is 2. The van der Waals surface area contributed by atoms with Gasteiger partial charge in [0.2, 0.25) is 11.8 Å². The number of carbonyl (C=O) groups excluding carboxylic acids is 3. The molecule has 250 valence electrons. The lowest BCUT2D eigenvalue weighted by Gasteiger charge is -2.27. The molecule has 48 heavy (non-hydrogen) atoms. The first-order chi connectivity index (χ1) is 22.7. The summed E-state index contributed by atoms with van der Waals surface area (Å²) in [5, 5.41) is 8.04. The first-order valence-electron chi connectivity index (χ1n) is 15.2. The number of aromatic nitrogens is 5. The molecule has 3 aromatic heterocycles. The number of carbonyl (C=O) groups is 3. The molecule has 0 unspecified atom stereocenters. The van der Waals surface area contributed by atoms with Crippen molar-refractivity contribution in [1.82, 2.24) is 29.6 Å². The van der Waals surface area contributed by atoms with Crippen LogP contribution in [0.15, 0.2) is 53.9 Å². The molecular weight excluding hydrogens is 702 g/mol. The van der Waals surface area contributed by atoms with Crippen LogP contribution in [0.4, 0.5) is 5.82 Å². The SMILES string of the molecule is C=CCc1ccc(Br)nc1NC(=O)[C@@H]1C[C@@]2(COS(C)(=O)=O)C[C@H]2N1C(=O)Cn1nc(C(C)=O)c2cc(-c3cnc(C)nc3)cc(C)c21. The van der Waals surface area contributed by atoms with Gasteiger partial charge in [0.25, 0.3) is 10.1 Å². The molecule has 2 amide bonds. The zero-order chi connectivity index (χ0) is 34.5. The Morgan fingerprint density at radius 3 is 2.54 bits per heavy atom. The molecule has 1 aromatic carbocycles. The van der Waals surface area contributed by atoms with Crippen LogP contribution in [0.3, 0.4) is 0 Å². The van der Waals surface area contributed by atoms with E-state index >= 15 is 0 Å². The van der Waals surface area contributed by atoms with Gasteiger partial charge in [-0.2, -0.15) is 13.5 Å². The van der Waals surface area contributed by atoms with Crippen molar-refractivity contribution in [2.45, 2.75) is 58.7 Å². The van der Waals surface area contributed by atoms with Gasteiger partial charge < -0.3 is 10.2 Å². The molecule has 1 saturated heterocycles. The molecule has 1 aliphatic heterocycles. The van der Waals surface area contributed by atoms with Crippen molar-refractivity contribution < 1.29 is 27.0 Å². The number of likely N-dealkylation sites (tertiary alicyclic amines) is 1. The maximum absolute atomic E-state index is 14.2. The van der Waals surface area contributed by atoms with Crippen molar-refractivity contribution in [3.63, 3.8) is 0 Å². The summed E-state index contributed by atoms with van der Waals surface area (Å²) in [6, 6.07) is 5.99. The Hall–Kier alpha value is -4.34. The standard InChI is InChI=1S/C33H34BrN7O6S/c1-6-7-21-8-9-27(34)37-31(21)38-32(44)25-12-33(17-47-48(5,45)46)13-26(33)41(25)28(43)16-40-30-18(2)10-22(23-14-35-20(4)36-15-23)11-24(30)29(39-40)19(3)42/h6,8-11,14-15,25-26H,1,7,12-13,16-17H2,2-5H3,(H,37,38,44)/t25-,26+,33-/m0/s1. The number of piperidine rings is 1. The van der Waals surface area contributed by atoms with Gasteiger partial charge in [-0.05, 0) is 83.9 Å². The number of hydrogen-bond donors (Lipinski definition) is 1. The Kier molecular flexibility index (Phi) is 8.81. The molecule has 15 heteroatoms. The van der Waals surface area contributed by atoms with E-state index in [9.17, 15) is 22.8 Å². The van der Waals surface area contributed by atoms with Crippen LogP contribution >= 0.6 is 15.9 Å². The van der Waals surface area contributed by atoms with E-state index in [1.54, 1.807) is 31.5 Å². The van der Waals surface area contributed by atoms with Gasteiger partial charge in [0, 0.05) is 41.7 Å². The summed E-state index contributed by atoms with van der Waals surface area (Å²) in [5.41, 5.74) is 3.22. The number of halogens is 1. The Morgan fingerprint density at radius 2 is 1.88 bits per heavy atom. The number of Topliss-reactive ketones (excluding diaryl/α,β-unsaturated/α-hetero) is 1. The van der Waals surface area contributed by atoms with Gasteiger partial charge in [-0.1, -0.05) is 12.1 Å². The first kappa shape index (κ1) is 33.6. The van der Waals surface area contributed by atoms with Crippen molar-refractivity contribution in [3.8, 4) is 11.1 Å². The minimum Gasteiger partial charge on any atom is -0.325 e. The molecule has 1 aliphatic carbocycles. The Labute approximate surface area is 286 Å². The van der Waals surface area contributed by atoms with Gasteiger partial charge in [0.1, 0.15) is 34.5 Å². The maximum Gasteiger partial charge on any atom is 0.264 e. The van der Waals surface area contributed by atoms with Crippen LogP contribution in [0.5, 0.6) is 0 Å². The Morgan fingerprint density at radius 1 is 1.15 bits per heavy atom. The van der Waals surface area contributed by atoms with Gasteiger partial charge in [0.15, 0.2) is 5.78 Å². The molecule has 0 spiro atoms. The van der Waals surface area contributed by atoms with Crippen LogP contribution in [0.2, 0.25) is 0 Å². The number of ketones is 1. The minimum absolute atomic E-state index is 0.148. The number of rotatable bonds is 11. The van der Waals surface area contributed by atoms with Crippen LogP contribution in [-0.4, -0.2) is 80.6 Å². The fraction of sp³-hybridized carbons (Fsp3) is 0.364. The van der Waals surface area contributed by atoms with Crippen LogP contribution in [-0.2, 0) is 36.9 Å². The van der Waals surface area contributed by atoms with Gasteiger partial charge in [-0.15, -0.1) is 6.58 Å². The number of aryl methyl sites for hydroxylation is 2. The topological polar surface area (TPSA) is 166 Å². The van der Waals surface area contributed by atoms with Crippen molar-refractivity contribution >= 4 is 60.4 Å². The van der Waals surface area contributed by atoms with E-state index in [2.05, 4.69) is 47.9 Å². The lowest BCUT2D eigenvalue weighted by molar-refractivity contribution is -0.138. The van der Waals surface area contributed by atoms with E-state index in [4.69, 9.17) is 4.18 Å². The number of anilines is 1. The highest BCUT2D eigenvalue weighted by atomic mass is 79.9. The summed E-state index contributed by atoms with van der Waals surface area (Å²) < 4.78 is 31.0. The average molecular weight is 737 g/mol. The number of benzene rings is 1. The monoisotopic (exact) mass is 735 g/mol. The summed E-state index contributed by atoms with van der Waals surface area (Å²) in [4.78, 5) is 55.4. The predicted molar refractivity (Wildman–Crippen MR) is 182 cm³/mol. The number of allylic oxidation sites excluding steroid dienone is 1. The molecule has 4 aromatic rings. The van der Waals surface area contributed by atoms with Crippen LogP contribution in [0, 0.1) is 19.3 Å². The van der Waals surface area contributed by atoms with E-state index in [1.807, 2.05) is 25.1 Å². The third kappa shape index (κ3) is 6.54. The minimum atomic E-state index is -3.76. The quantitative estimate of drug-likeness (QED) is 0.102. The number of pyridine rings is 1. The normalized spacial score (nSPS) is 20.1. The molecule has 0 radical (unpaired) electrons. The van der Waals surface area contributed by atoms with Crippen molar-refractivity contribution in [3.05, 3.63) is 76.6 Å². The lowest BCUT2D eigenvalue weighted by Crippen LogP contribution is -2.47. The molecule has 1 saturated carbocycles. The summed E-state index contributed by atoms with van der Waals surface area (Å²) in [7, 11) is -3.76.